The first-order chi connectivity index (χ1) is 8.81. The zero-order chi connectivity index (χ0) is 13.5. The van der Waals surface area contributed by atoms with E-state index in [1.54, 1.807) is 0 Å². The molecule has 0 aliphatic rings. The van der Waals surface area contributed by atoms with E-state index in [1.807, 2.05) is 6.08 Å². The molecule has 0 aromatic carbocycles. The summed E-state index contributed by atoms with van der Waals surface area (Å²) in [5.41, 5.74) is 5.93. The molecule has 0 aliphatic heterocycles. The van der Waals surface area contributed by atoms with E-state index in [-0.39, 0.29) is 0 Å². The van der Waals surface area contributed by atoms with Gasteiger partial charge in [-0.1, -0.05) is 83.6 Å². The molecule has 0 fully saturated rings. The Labute approximate surface area is 115 Å². The summed E-state index contributed by atoms with van der Waals surface area (Å²) in [7, 11) is 0. The van der Waals surface area contributed by atoms with Gasteiger partial charge in [-0.05, 0) is 12.8 Å². The summed E-state index contributed by atoms with van der Waals surface area (Å²) in [5, 5.41) is 0. The van der Waals surface area contributed by atoms with E-state index in [0.717, 1.165) is 6.42 Å². The predicted octanol–water partition coefficient (Wildman–Crippen LogP) is 5.59. The van der Waals surface area contributed by atoms with Crippen LogP contribution >= 0.6 is 0 Å². The molecule has 0 saturated carbocycles. The van der Waals surface area contributed by atoms with Crippen molar-refractivity contribution in [3.05, 3.63) is 12.7 Å². The van der Waals surface area contributed by atoms with Gasteiger partial charge in [0.25, 0.3) is 0 Å². The maximum absolute atomic E-state index is 5.93. The quantitative estimate of drug-likeness (QED) is 0.317. The van der Waals surface area contributed by atoms with Crippen LogP contribution in [0, 0.1) is 0 Å². The smallest absolute Gasteiger partial charge is 0.00733 e. The summed E-state index contributed by atoms with van der Waals surface area (Å²) >= 11 is 0. The Morgan fingerprint density at radius 1 is 0.833 bits per heavy atom. The molecule has 1 unspecified atom stereocenters. The van der Waals surface area contributed by atoms with Gasteiger partial charge in [-0.2, -0.15) is 0 Å². The van der Waals surface area contributed by atoms with Crippen molar-refractivity contribution in [1.82, 2.24) is 0 Å². The third kappa shape index (κ3) is 13.8. The standard InChI is InChI=1S/C17H35N/c1-3-5-6-7-8-9-10-11-12-13-14-16-17(18)15-4-2/h4,17H,2-3,5-16,18H2,1H3. The minimum atomic E-state index is 0.348. The van der Waals surface area contributed by atoms with Crippen LogP contribution in [-0.2, 0) is 0 Å². The molecular formula is C17H35N. The van der Waals surface area contributed by atoms with Crippen LogP contribution in [0.1, 0.15) is 90.4 Å². The van der Waals surface area contributed by atoms with Crippen LogP contribution in [0.4, 0.5) is 0 Å². The SMILES string of the molecule is C=CCC(N)CCCCCCCCCCCCC. The van der Waals surface area contributed by atoms with Gasteiger partial charge in [0.1, 0.15) is 0 Å². The van der Waals surface area contributed by atoms with Gasteiger partial charge < -0.3 is 5.73 Å². The molecule has 0 aromatic heterocycles. The zero-order valence-corrected chi connectivity index (χ0v) is 12.6. The zero-order valence-electron chi connectivity index (χ0n) is 12.6. The highest BCUT2D eigenvalue weighted by molar-refractivity contribution is 4.74. The van der Waals surface area contributed by atoms with Crippen molar-refractivity contribution in [2.45, 2.75) is 96.4 Å². The molecule has 1 atom stereocenters. The molecule has 2 N–H and O–H groups in total. The highest BCUT2D eigenvalue weighted by atomic mass is 14.6. The van der Waals surface area contributed by atoms with Crippen LogP contribution in [-0.4, -0.2) is 6.04 Å². The monoisotopic (exact) mass is 253 g/mol. The molecule has 0 aromatic rings. The maximum Gasteiger partial charge on any atom is 0.00733 e. The lowest BCUT2D eigenvalue weighted by molar-refractivity contribution is 0.521. The first-order valence-corrected chi connectivity index (χ1v) is 8.17. The Morgan fingerprint density at radius 2 is 1.28 bits per heavy atom. The summed E-state index contributed by atoms with van der Waals surface area (Å²) < 4.78 is 0. The van der Waals surface area contributed by atoms with E-state index in [9.17, 15) is 0 Å². The number of hydrogen-bond acceptors (Lipinski definition) is 1. The molecule has 18 heavy (non-hydrogen) atoms. The lowest BCUT2D eigenvalue weighted by atomic mass is 10.0. The van der Waals surface area contributed by atoms with Crippen LogP contribution < -0.4 is 5.73 Å². The maximum atomic E-state index is 5.93. The average molecular weight is 253 g/mol. The first kappa shape index (κ1) is 17.7. The summed E-state index contributed by atoms with van der Waals surface area (Å²) in [6.45, 7) is 6.00. The Balaban J connectivity index is 3.00. The fraction of sp³-hybridized carbons (Fsp3) is 0.882. The Kier molecular flexibility index (Phi) is 14.5. The van der Waals surface area contributed by atoms with E-state index in [1.165, 1.54) is 77.0 Å². The fourth-order valence-electron chi connectivity index (χ4n) is 2.40. The van der Waals surface area contributed by atoms with Gasteiger partial charge in [0.05, 0.1) is 0 Å². The molecule has 1 nitrogen and oxygen atoms in total. The van der Waals surface area contributed by atoms with Crippen molar-refractivity contribution in [1.29, 1.82) is 0 Å². The molecule has 0 saturated heterocycles. The second-order valence-corrected chi connectivity index (χ2v) is 5.61. The van der Waals surface area contributed by atoms with Gasteiger partial charge in [-0.25, -0.2) is 0 Å². The highest BCUT2D eigenvalue weighted by Crippen LogP contribution is 2.12. The van der Waals surface area contributed by atoms with Crippen molar-refractivity contribution in [3.8, 4) is 0 Å². The highest BCUT2D eigenvalue weighted by Gasteiger charge is 1.99. The summed E-state index contributed by atoms with van der Waals surface area (Å²) in [6, 6.07) is 0.348. The Morgan fingerprint density at radius 3 is 1.72 bits per heavy atom. The van der Waals surface area contributed by atoms with Crippen molar-refractivity contribution < 1.29 is 0 Å². The number of unbranched alkanes of at least 4 members (excludes halogenated alkanes) is 10. The van der Waals surface area contributed by atoms with Crippen molar-refractivity contribution in [2.24, 2.45) is 5.73 Å². The van der Waals surface area contributed by atoms with Crippen LogP contribution in [0.2, 0.25) is 0 Å². The summed E-state index contributed by atoms with van der Waals surface area (Å²) in [4.78, 5) is 0. The van der Waals surface area contributed by atoms with E-state index in [0.29, 0.717) is 6.04 Å². The largest absolute Gasteiger partial charge is 0.327 e. The molecule has 0 radical (unpaired) electrons. The topological polar surface area (TPSA) is 26.0 Å². The van der Waals surface area contributed by atoms with Crippen LogP contribution in [0.5, 0.6) is 0 Å². The van der Waals surface area contributed by atoms with Crippen LogP contribution in [0.15, 0.2) is 12.7 Å². The lowest BCUT2D eigenvalue weighted by Gasteiger charge is -2.08. The van der Waals surface area contributed by atoms with Gasteiger partial charge in [0.2, 0.25) is 0 Å². The van der Waals surface area contributed by atoms with Crippen molar-refractivity contribution in [2.75, 3.05) is 0 Å². The third-order valence-electron chi connectivity index (χ3n) is 3.65. The van der Waals surface area contributed by atoms with Crippen molar-refractivity contribution >= 4 is 0 Å². The van der Waals surface area contributed by atoms with Crippen LogP contribution in [0.3, 0.4) is 0 Å². The first-order valence-electron chi connectivity index (χ1n) is 8.17. The molecule has 0 spiro atoms. The number of hydrogen-bond donors (Lipinski definition) is 1. The van der Waals surface area contributed by atoms with E-state index < -0.39 is 0 Å². The van der Waals surface area contributed by atoms with Gasteiger partial charge in [0, 0.05) is 6.04 Å². The molecule has 0 heterocycles. The summed E-state index contributed by atoms with van der Waals surface area (Å²) in [5.74, 6) is 0. The van der Waals surface area contributed by atoms with E-state index in [4.69, 9.17) is 5.73 Å². The second kappa shape index (κ2) is 14.8. The van der Waals surface area contributed by atoms with E-state index >= 15 is 0 Å². The van der Waals surface area contributed by atoms with Gasteiger partial charge in [0.15, 0.2) is 0 Å². The predicted molar refractivity (Wildman–Crippen MR) is 83.9 cm³/mol. The minimum Gasteiger partial charge on any atom is -0.327 e. The average Bonchev–Trinajstić information content (AvgIpc) is 2.36. The molecule has 0 amide bonds. The van der Waals surface area contributed by atoms with Gasteiger partial charge in [-0.15, -0.1) is 6.58 Å². The minimum absolute atomic E-state index is 0.348. The number of rotatable bonds is 14. The molecule has 0 rings (SSSR count). The Hall–Kier alpha value is -0.300. The van der Waals surface area contributed by atoms with Gasteiger partial charge in [-0.3, -0.25) is 0 Å². The third-order valence-corrected chi connectivity index (χ3v) is 3.65. The molecule has 1 heteroatoms. The normalized spacial score (nSPS) is 12.6. The van der Waals surface area contributed by atoms with Crippen LogP contribution in [0.25, 0.3) is 0 Å². The fourth-order valence-corrected chi connectivity index (χ4v) is 2.40. The Bertz CT molecular complexity index is 165. The van der Waals surface area contributed by atoms with Gasteiger partial charge >= 0.3 is 0 Å². The summed E-state index contributed by atoms with van der Waals surface area (Å²) in [6.07, 6.45) is 19.5. The molecule has 0 aliphatic carbocycles. The molecule has 108 valence electrons. The molecular weight excluding hydrogens is 218 g/mol. The lowest BCUT2D eigenvalue weighted by Crippen LogP contribution is -2.18. The second-order valence-electron chi connectivity index (χ2n) is 5.61. The van der Waals surface area contributed by atoms with Crippen molar-refractivity contribution in [3.63, 3.8) is 0 Å². The van der Waals surface area contributed by atoms with E-state index in [2.05, 4.69) is 13.5 Å². The number of nitrogens with two attached hydrogens (primary N) is 1. The molecule has 0 bridgehead atoms.